The van der Waals surface area contributed by atoms with E-state index >= 15 is 0 Å². The molecule has 6 aromatic rings. The summed E-state index contributed by atoms with van der Waals surface area (Å²) in [5.41, 5.74) is 12.6. The fourth-order valence-electron chi connectivity index (χ4n) is 6.38. The Morgan fingerprint density at radius 3 is 2.12 bits per heavy atom. The van der Waals surface area contributed by atoms with E-state index in [2.05, 4.69) is 22.3 Å². The van der Waals surface area contributed by atoms with Crippen LogP contribution in [0.5, 0.6) is 0 Å². The Bertz CT molecular complexity index is 1930. The lowest BCUT2D eigenvalue weighted by Crippen LogP contribution is -2.60. The van der Waals surface area contributed by atoms with Gasteiger partial charge in [-0.3, -0.25) is 4.40 Å². The predicted molar refractivity (Wildman–Crippen MR) is 155 cm³/mol. The van der Waals surface area contributed by atoms with Crippen molar-refractivity contribution in [1.82, 2.24) is 24.6 Å². The van der Waals surface area contributed by atoms with Crippen LogP contribution in [-0.2, 0) is 5.54 Å². The first kappa shape index (κ1) is 24.3. The standard InChI is InChI=1S/C33H27FN6O/c34-25-14-8-22(9-15-25)30-39-38-27-17-16-26-31(40(27)30)37-29(20-4-2-1-3-5-20)28(36-26)21-6-10-23(11-7-21)32(35)18-33(41,19-32)24-12-13-24/h1-11,14-17,24,41H,12-13,18-19,35H2. The van der Waals surface area contributed by atoms with Crippen molar-refractivity contribution < 1.29 is 9.50 Å². The number of nitrogens with two attached hydrogens (primary N) is 1. The lowest BCUT2D eigenvalue weighted by molar-refractivity contribution is -0.106. The largest absolute Gasteiger partial charge is 0.389 e. The second-order valence-electron chi connectivity index (χ2n) is 11.5. The molecule has 3 N–H and O–H groups in total. The first-order chi connectivity index (χ1) is 19.9. The number of rotatable bonds is 5. The molecule has 0 saturated heterocycles. The quantitative estimate of drug-likeness (QED) is 0.281. The molecule has 3 aromatic carbocycles. The summed E-state index contributed by atoms with van der Waals surface area (Å²) in [6.45, 7) is 0. The highest BCUT2D eigenvalue weighted by molar-refractivity contribution is 5.87. The van der Waals surface area contributed by atoms with E-state index in [0.29, 0.717) is 41.4 Å². The normalized spacial score (nSPS) is 22.2. The summed E-state index contributed by atoms with van der Waals surface area (Å²) in [5, 5.41) is 19.6. The molecule has 7 nitrogen and oxygen atoms in total. The maximum atomic E-state index is 13.6. The monoisotopic (exact) mass is 542 g/mol. The molecule has 0 aliphatic heterocycles. The summed E-state index contributed by atoms with van der Waals surface area (Å²) in [4.78, 5) is 10.3. The van der Waals surface area contributed by atoms with E-state index in [1.54, 1.807) is 12.1 Å². The van der Waals surface area contributed by atoms with Crippen molar-refractivity contribution in [2.75, 3.05) is 0 Å². The first-order valence-corrected chi connectivity index (χ1v) is 13.9. The molecule has 2 fully saturated rings. The van der Waals surface area contributed by atoms with Crippen LogP contribution in [0.3, 0.4) is 0 Å². The van der Waals surface area contributed by atoms with Gasteiger partial charge in [0.25, 0.3) is 0 Å². The maximum absolute atomic E-state index is 13.6. The number of fused-ring (bicyclic) bond motifs is 3. The van der Waals surface area contributed by atoms with Gasteiger partial charge < -0.3 is 10.8 Å². The molecule has 8 rings (SSSR count). The summed E-state index contributed by atoms with van der Waals surface area (Å²) in [6, 6.07) is 28.1. The lowest BCUT2D eigenvalue weighted by Gasteiger charge is -2.52. The van der Waals surface area contributed by atoms with Gasteiger partial charge in [-0.2, -0.15) is 0 Å². The van der Waals surface area contributed by atoms with E-state index in [-0.39, 0.29) is 5.82 Å². The van der Waals surface area contributed by atoms with Gasteiger partial charge in [0, 0.05) is 22.2 Å². The van der Waals surface area contributed by atoms with Crippen LogP contribution in [0, 0.1) is 11.7 Å². The lowest BCUT2D eigenvalue weighted by atomic mass is 9.60. The summed E-state index contributed by atoms with van der Waals surface area (Å²) in [6.07, 6.45) is 3.39. The smallest absolute Gasteiger partial charge is 0.170 e. The molecule has 0 spiro atoms. The Kier molecular flexibility index (Phi) is 5.17. The summed E-state index contributed by atoms with van der Waals surface area (Å²) in [7, 11) is 0. The van der Waals surface area contributed by atoms with Gasteiger partial charge in [-0.15, -0.1) is 10.2 Å². The molecule has 0 amide bonds. The molecule has 41 heavy (non-hydrogen) atoms. The fourth-order valence-corrected chi connectivity index (χ4v) is 6.38. The van der Waals surface area contributed by atoms with Gasteiger partial charge >= 0.3 is 0 Å². The number of hydrogen-bond donors (Lipinski definition) is 2. The van der Waals surface area contributed by atoms with Crippen LogP contribution < -0.4 is 5.73 Å². The van der Waals surface area contributed by atoms with Gasteiger partial charge in [0.05, 0.1) is 17.0 Å². The maximum Gasteiger partial charge on any atom is 0.170 e. The number of nitrogens with zero attached hydrogens (tertiary/aromatic N) is 5. The molecule has 0 unspecified atom stereocenters. The van der Waals surface area contributed by atoms with Gasteiger partial charge in [-0.1, -0.05) is 54.6 Å². The van der Waals surface area contributed by atoms with Crippen molar-refractivity contribution in [1.29, 1.82) is 0 Å². The molecule has 0 atom stereocenters. The van der Waals surface area contributed by atoms with E-state index in [4.69, 9.17) is 15.7 Å². The second-order valence-corrected chi connectivity index (χ2v) is 11.5. The van der Waals surface area contributed by atoms with Crippen LogP contribution in [0.2, 0.25) is 0 Å². The molecule has 0 bridgehead atoms. The van der Waals surface area contributed by atoms with Gasteiger partial charge in [-0.25, -0.2) is 14.4 Å². The Balaban J connectivity index is 1.26. The Morgan fingerprint density at radius 1 is 0.756 bits per heavy atom. The van der Waals surface area contributed by atoms with Crippen molar-refractivity contribution in [2.24, 2.45) is 11.7 Å². The summed E-state index contributed by atoms with van der Waals surface area (Å²) >= 11 is 0. The molecule has 8 heteroatoms. The summed E-state index contributed by atoms with van der Waals surface area (Å²) < 4.78 is 15.5. The average Bonchev–Trinajstić information content (AvgIpc) is 3.76. The highest BCUT2D eigenvalue weighted by Crippen LogP contribution is 2.57. The SMILES string of the molecule is NC1(c2ccc(-c3nc4ccc5nnc(-c6ccc(F)cc6)n5c4nc3-c3ccccc3)cc2)CC(O)(C2CC2)C1. The van der Waals surface area contributed by atoms with Crippen LogP contribution in [0.4, 0.5) is 4.39 Å². The van der Waals surface area contributed by atoms with Gasteiger partial charge in [0.15, 0.2) is 17.1 Å². The van der Waals surface area contributed by atoms with Crippen LogP contribution in [0.25, 0.3) is 50.7 Å². The number of halogens is 1. The van der Waals surface area contributed by atoms with E-state index in [1.165, 1.54) is 12.1 Å². The van der Waals surface area contributed by atoms with E-state index < -0.39 is 11.1 Å². The zero-order valence-electron chi connectivity index (χ0n) is 22.2. The molecule has 202 valence electrons. The second kappa shape index (κ2) is 8.73. The van der Waals surface area contributed by atoms with Crippen LogP contribution in [0.15, 0.2) is 91.0 Å². The van der Waals surface area contributed by atoms with Crippen LogP contribution in [0.1, 0.15) is 31.2 Å². The van der Waals surface area contributed by atoms with Gasteiger partial charge in [0.1, 0.15) is 11.3 Å². The Hall–Kier alpha value is -4.53. The third-order valence-corrected chi connectivity index (χ3v) is 8.66. The third kappa shape index (κ3) is 3.94. The minimum atomic E-state index is -0.613. The highest BCUT2D eigenvalue weighted by atomic mass is 19.1. The first-order valence-electron chi connectivity index (χ1n) is 13.9. The molecular formula is C33H27FN6O. The third-order valence-electron chi connectivity index (χ3n) is 8.66. The molecule has 0 radical (unpaired) electrons. The Labute approximate surface area is 235 Å². The minimum absolute atomic E-state index is 0.314. The zero-order valence-corrected chi connectivity index (χ0v) is 22.2. The molecule has 3 heterocycles. The summed E-state index contributed by atoms with van der Waals surface area (Å²) in [5.74, 6) is 0.655. The van der Waals surface area contributed by atoms with Crippen molar-refractivity contribution in [2.45, 2.75) is 36.8 Å². The number of benzene rings is 3. The molecule has 2 saturated carbocycles. The molecule has 3 aromatic heterocycles. The minimum Gasteiger partial charge on any atom is -0.389 e. The van der Waals surface area contributed by atoms with Crippen molar-refractivity contribution in [3.63, 3.8) is 0 Å². The number of hydrogen-bond acceptors (Lipinski definition) is 6. The van der Waals surface area contributed by atoms with E-state index in [0.717, 1.165) is 46.5 Å². The van der Waals surface area contributed by atoms with Crippen molar-refractivity contribution in [3.8, 4) is 33.9 Å². The van der Waals surface area contributed by atoms with Crippen LogP contribution >= 0.6 is 0 Å². The molecule has 2 aliphatic rings. The molecular weight excluding hydrogens is 515 g/mol. The average molecular weight is 543 g/mol. The number of pyridine rings is 1. The highest BCUT2D eigenvalue weighted by Gasteiger charge is 2.58. The number of aliphatic hydroxyl groups is 1. The molecule has 2 aliphatic carbocycles. The topological polar surface area (TPSA) is 102 Å². The predicted octanol–water partition coefficient (Wildman–Crippen LogP) is 5.90. The fraction of sp³-hybridized carbons (Fsp3) is 0.212. The van der Waals surface area contributed by atoms with Crippen molar-refractivity contribution >= 4 is 16.8 Å². The van der Waals surface area contributed by atoms with Gasteiger partial charge in [-0.05, 0) is 73.6 Å². The van der Waals surface area contributed by atoms with E-state index in [9.17, 15) is 9.50 Å². The van der Waals surface area contributed by atoms with Gasteiger partial charge in [0.2, 0.25) is 0 Å². The Morgan fingerprint density at radius 2 is 1.41 bits per heavy atom. The van der Waals surface area contributed by atoms with E-state index in [1.807, 2.05) is 59.0 Å². The number of aromatic nitrogens is 5. The van der Waals surface area contributed by atoms with Crippen molar-refractivity contribution in [3.05, 3.63) is 102 Å². The van der Waals surface area contributed by atoms with Crippen LogP contribution in [-0.4, -0.2) is 35.3 Å². The zero-order chi connectivity index (χ0) is 27.8.